The quantitative estimate of drug-likeness (QED) is 0.889. The van der Waals surface area contributed by atoms with Crippen LogP contribution in [0.1, 0.15) is 12.0 Å². The normalized spacial score (nSPS) is 11.7. The number of amides is 1. The zero-order chi connectivity index (χ0) is 15.9. The number of carboxylic acid groups (broad SMARTS) is 1. The molecule has 114 valence electrons. The van der Waals surface area contributed by atoms with Gasteiger partial charge in [0.05, 0.1) is 0 Å². The molecule has 1 amide bonds. The Hall–Kier alpha value is -2.33. The lowest BCUT2D eigenvalue weighted by Crippen LogP contribution is -2.35. The van der Waals surface area contributed by atoms with Crippen molar-refractivity contribution in [2.45, 2.75) is 12.8 Å². The van der Waals surface area contributed by atoms with E-state index < -0.39 is 11.9 Å². The SMILES string of the molecule is O=C(C[C@@H](Cc1ccccc1)C(=O)[O-])Nc1ccc(Cl)cc1. The summed E-state index contributed by atoms with van der Waals surface area (Å²) in [4.78, 5) is 23.2. The molecule has 4 nitrogen and oxygen atoms in total. The molecule has 1 atom stereocenters. The highest BCUT2D eigenvalue weighted by Crippen LogP contribution is 2.16. The van der Waals surface area contributed by atoms with E-state index in [1.807, 2.05) is 30.3 Å². The maximum atomic E-state index is 12.0. The molecule has 0 unspecified atom stereocenters. The first-order chi connectivity index (χ1) is 10.5. The van der Waals surface area contributed by atoms with Crippen LogP contribution >= 0.6 is 11.6 Å². The molecular formula is C17H15ClNO3-. The average molecular weight is 317 g/mol. The molecule has 5 heteroatoms. The molecule has 0 saturated heterocycles. The molecule has 0 heterocycles. The van der Waals surface area contributed by atoms with Crippen molar-refractivity contribution in [3.8, 4) is 0 Å². The maximum Gasteiger partial charge on any atom is 0.225 e. The first kappa shape index (κ1) is 16.0. The molecule has 2 aromatic carbocycles. The number of hydrogen-bond donors (Lipinski definition) is 1. The Morgan fingerprint density at radius 1 is 1.05 bits per heavy atom. The van der Waals surface area contributed by atoms with Gasteiger partial charge in [-0.15, -0.1) is 0 Å². The summed E-state index contributed by atoms with van der Waals surface area (Å²) in [6.07, 6.45) is 0.122. The standard InChI is InChI=1S/C17H16ClNO3/c18-14-6-8-15(9-7-14)19-16(20)11-13(17(21)22)10-12-4-2-1-3-5-12/h1-9,13H,10-11H2,(H,19,20)(H,21,22)/p-1/t13-/m1/s1. The zero-order valence-electron chi connectivity index (χ0n) is 11.8. The Labute approximate surface area is 133 Å². The number of benzene rings is 2. The van der Waals surface area contributed by atoms with E-state index in [0.717, 1.165) is 5.56 Å². The van der Waals surface area contributed by atoms with Gasteiger partial charge in [-0.05, 0) is 36.2 Å². The number of carboxylic acids is 1. The van der Waals surface area contributed by atoms with Gasteiger partial charge in [-0.1, -0.05) is 41.9 Å². The molecule has 0 fully saturated rings. The van der Waals surface area contributed by atoms with Crippen LogP contribution in [0.2, 0.25) is 5.02 Å². The summed E-state index contributed by atoms with van der Waals surface area (Å²) in [7, 11) is 0. The number of anilines is 1. The first-order valence-electron chi connectivity index (χ1n) is 6.85. The lowest BCUT2D eigenvalue weighted by Gasteiger charge is -2.17. The Kier molecular flexibility index (Phi) is 5.55. The molecule has 2 rings (SSSR count). The fraction of sp³-hybridized carbons (Fsp3) is 0.176. The van der Waals surface area contributed by atoms with Gasteiger partial charge in [-0.2, -0.15) is 0 Å². The lowest BCUT2D eigenvalue weighted by molar-refractivity contribution is -0.311. The van der Waals surface area contributed by atoms with Gasteiger partial charge in [0.15, 0.2) is 0 Å². The number of aliphatic carboxylic acids is 1. The van der Waals surface area contributed by atoms with E-state index >= 15 is 0 Å². The van der Waals surface area contributed by atoms with E-state index in [4.69, 9.17) is 11.6 Å². The zero-order valence-corrected chi connectivity index (χ0v) is 12.5. The van der Waals surface area contributed by atoms with E-state index in [1.165, 1.54) is 0 Å². The molecule has 0 spiro atoms. The third kappa shape index (κ3) is 4.90. The molecule has 0 aliphatic rings. The van der Waals surface area contributed by atoms with E-state index in [9.17, 15) is 14.7 Å². The van der Waals surface area contributed by atoms with Crippen LogP contribution < -0.4 is 10.4 Å². The fourth-order valence-electron chi connectivity index (χ4n) is 2.11. The second-order valence-corrected chi connectivity index (χ2v) is 5.40. The minimum atomic E-state index is -1.23. The molecular weight excluding hydrogens is 302 g/mol. The Balaban J connectivity index is 1.97. The first-order valence-corrected chi connectivity index (χ1v) is 7.22. The van der Waals surface area contributed by atoms with Crippen LogP contribution in [0.25, 0.3) is 0 Å². The highest BCUT2D eigenvalue weighted by atomic mass is 35.5. The van der Waals surface area contributed by atoms with Gasteiger partial charge in [0, 0.05) is 29.0 Å². The van der Waals surface area contributed by atoms with Gasteiger partial charge >= 0.3 is 0 Å². The number of hydrogen-bond acceptors (Lipinski definition) is 3. The van der Waals surface area contributed by atoms with E-state index in [0.29, 0.717) is 10.7 Å². The van der Waals surface area contributed by atoms with Crippen LogP contribution in [0.3, 0.4) is 0 Å². The second kappa shape index (κ2) is 7.61. The summed E-state index contributed by atoms with van der Waals surface area (Å²) in [5, 5.41) is 14.4. The molecule has 0 aromatic heterocycles. The van der Waals surface area contributed by atoms with Crippen molar-refractivity contribution in [3.05, 3.63) is 65.2 Å². The highest BCUT2D eigenvalue weighted by Gasteiger charge is 2.16. The lowest BCUT2D eigenvalue weighted by atomic mass is 9.96. The highest BCUT2D eigenvalue weighted by molar-refractivity contribution is 6.30. The topological polar surface area (TPSA) is 69.2 Å². The van der Waals surface area contributed by atoms with Gasteiger partial charge in [-0.3, -0.25) is 4.79 Å². The van der Waals surface area contributed by atoms with Crippen molar-refractivity contribution in [2.24, 2.45) is 5.92 Å². The minimum absolute atomic E-state index is 0.139. The fourth-order valence-corrected chi connectivity index (χ4v) is 2.23. The Morgan fingerprint density at radius 2 is 1.68 bits per heavy atom. The molecule has 0 bridgehead atoms. The van der Waals surface area contributed by atoms with E-state index in [2.05, 4.69) is 5.32 Å². The van der Waals surface area contributed by atoms with E-state index in [1.54, 1.807) is 24.3 Å². The van der Waals surface area contributed by atoms with Crippen molar-refractivity contribution >= 4 is 29.2 Å². The molecule has 0 saturated carbocycles. The van der Waals surface area contributed by atoms with Crippen molar-refractivity contribution in [1.29, 1.82) is 0 Å². The summed E-state index contributed by atoms with van der Waals surface area (Å²) in [6.45, 7) is 0. The number of carbonyl (C=O) groups excluding carboxylic acids is 2. The smallest absolute Gasteiger partial charge is 0.225 e. The van der Waals surface area contributed by atoms with Gasteiger partial charge in [0.1, 0.15) is 0 Å². The molecule has 22 heavy (non-hydrogen) atoms. The number of halogens is 1. The van der Waals surface area contributed by atoms with Crippen LogP contribution in [0, 0.1) is 5.92 Å². The number of nitrogens with one attached hydrogen (secondary N) is 1. The van der Waals surface area contributed by atoms with Gasteiger partial charge < -0.3 is 15.2 Å². The van der Waals surface area contributed by atoms with Crippen molar-refractivity contribution in [2.75, 3.05) is 5.32 Å². The summed E-state index contributed by atoms with van der Waals surface area (Å²) in [5.74, 6) is -2.46. The average Bonchev–Trinajstić information content (AvgIpc) is 2.50. The van der Waals surface area contributed by atoms with Gasteiger partial charge in [-0.25, -0.2) is 0 Å². The summed E-state index contributed by atoms with van der Waals surface area (Å²) in [5.41, 5.74) is 1.43. The van der Waals surface area contributed by atoms with Crippen molar-refractivity contribution in [3.63, 3.8) is 0 Å². The van der Waals surface area contributed by atoms with E-state index in [-0.39, 0.29) is 18.7 Å². The third-order valence-electron chi connectivity index (χ3n) is 3.22. The third-order valence-corrected chi connectivity index (χ3v) is 3.47. The molecule has 0 radical (unpaired) electrons. The van der Waals surface area contributed by atoms with Crippen molar-refractivity contribution in [1.82, 2.24) is 0 Å². The molecule has 1 N–H and O–H groups in total. The Bertz CT molecular complexity index is 641. The molecule has 0 aliphatic heterocycles. The number of rotatable bonds is 6. The largest absolute Gasteiger partial charge is 0.550 e. The van der Waals surface area contributed by atoms with Gasteiger partial charge in [0.2, 0.25) is 5.91 Å². The maximum absolute atomic E-state index is 12.0. The summed E-state index contributed by atoms with van der Waals surface area (Å²) in [6, 6.07) is 15.8. The van der Waals surface area contributed by atoms with Crippen LogP contribution in [-0.2, 0) is 16.0 Å². The van der Waals surface area contributed by atoms with Crippen LogP contribution in [0.15, 0.2) is 54.6 Å². The molecule has 2 aromatic rings. The van der Waals surface area contributed by atoms with Crippen LogP contribution in [0.5, 0.6) is 0 Å². The predicted octanol–water partition coefficient (Wildman–Crippen LogP) is 2.28. The molecule has 0 aliphatic carbocycles. The van der Waals surface area contributed by atoms with Crippen LogP contribution in [0.4, 0.5) is 5.69 Å². The monoisotopic (exact) mass is 316 g/mol. The summed E-state index contributed by atoms with van der Waals surface area (Å²) < 4.78 is 0. The summed E-state index contributed by atoms with van der Waals surface area (Å²) >= 11 is 5.77. The van der Waals surface area contributed by atoms with Gasteiger partial charge in [0.25, 0.3) is 0 Å². The predicted molar refractivity (Wildman–Crippen MR) is 83.3 cm³/mol. The number of carbonyl (C=O) groups is 2. The second-order valence-electron chi connectivity index (χ2n) is 4.96. The van der Waals surface area contributed by atoms with Crippen molar-refractivity contribution < 1.29 is 14.7 Å². The van der Waals surface area contributed by atoms with Crippen LogP contribution in [-0.4, -0.2) is 11.9 Å². The Morgan fingerprint density at radius 3 is 2.27 bits per heavy atom. The minimum Gasteiger partial charge on any atom is -0.550 e.